The number of H-pyrrole nitrogens is 1. The lowest BCUT2D eigenvalue weighted by Crippen LogP contribution is -2.14. The second-order valence-corrected chi connectivity index (χ2v) is 6.30. The smallest absolute Gasteiger partial charge is 0.256 e. The van der Waals surface area contributed by atoms with Crippen molar-refractivity contribution >= 4 is 28.4 Å². The summed E-state index contributed by atoms with van der Waals surface area (Å²) in [5.41, 5.74) is 2.71. The number of aromatic amines is 1. The fourth-order valence-electron chi connectivity index (χ4n) is 2.95. The zero-order valence-electron chi connectivity index (χ0n) is 14.9. The summed E-state index contributed by atoms with van der Waals surface area (Å²) in [7, 11) is 0. The maximum atomic E-state index is 12.9. The molecule has 2 aromatic carbocycles. The van der Waals surface area contributed by atoms with Crippen molar-refractivity contribution < 1.29 is 9.18 Å². The molecular formula is C21H18FN5O. The van der Waals surface area contributed by atoms with Gasteiger partial charge >= 0.3 is 0 Å². The Morgan fingerprint density at radius 1 is 0.964 bits per heavy atom. The molecule has 0 atom stereocenters. The van der Waals surface area contributed by atoms with Gasteiger partial charge in [-0.1, -0.05) is 18.2 Å². The van der Waals surface area contributed by atoms with Crippen molar-refractivity contribution in [1.29, 1.82) is 0 Å². The fraction of sp³-hybridized carbons (Fsp3) is 0.0952. The Morgan fingerprint density at radius 2 is 1.71 bits per heavy atom. The topological polar surface area (TPSA) is 82.7 Å². The van der Waals surface area contributed by atoms with E-state index in [-0.39, 0.29) is 11.7 Å². The standard InChI is InChI=1S/C21H18FN5O/c22-16-7-5-14(6-8-16)21(28)25-20-10-9-19(26-27-20)23-12-11-15-13-24-18-4-2-1-3-17(15)18/h1-10,13,24H,11-12H2,(H,23,26)(H,25,27,28). The van der Waals surface area contributed by atoms with Gasteiger partial charge in [-0.05, 0) is 54.4 Å². The van der Waals surface area contributed by atoms with Crippen LogP contribution in [-0.2, 0) is 6.42 Å². The molecule has 1 amide bonds. The minimum Gasteiger partial charge on any atom is -0.368 e. The third-order valence-corrected chi connectivity index (χ3v) is 4.39. The number of anilines is 2. The van der Waals surface area contributed by atoms with Crippen LogP contribution >= 0.6 is 0 Å². The van der Waals surface area contributed by atoms with Crippen LogP contribution in [0.5, 0.6) is 0 Å². The number of nitrogens with one attached hydrogen (secondary N) is 3. The van der Waals surface area contributed by atoms with Gasteiger partial charge in [-0.25, -0.2) is 4.39 Å². The molecular weight excluding hydrogens is 357 g/mol. The highest BCUT2D eigenvalue weighted by molar-refractivity contribution is 6.03. The number of rotatable bonds is 6. The fourth-order valence-corrected chi connectivity index (χ4v) is 2.95. The summed E-state index contributed by atoms with van der Waals surface area (Å²) in [6.07, 6.45) is 2.86. The molecule has 6 nitrogen and oxygen atoms in total. The number of fused-ring (bicyclic) bond motifs is 1. The van der Waals surface area contributed by atoms with E-state index in [4.69, 9.17) is 0 Å². The van der Waals surface area contributed by atoms with Crippen molar-refractivity contribution in [2.45, 2.75) is 6.42 Å². The first-order valence-electron chi connectivity index (χ1n) is 8.88. The molecule has 0 aliphatic carbocycles. The first-order valence-corrected chi connectivity index (χ1v) is 8.88. The first kappa shape index (κ1) is 17.7. The zero-order valence-corrected chi connectivity index (χ0v) is 14.9. The highest BCUT2D eigenvalue weighted by Gasteiger charge is 2.08. The van der Waals surface area contributed by atoms with Crippen molar-refractivity contribution in [1.82, 2.24) is 15.2 Å². The Morgan fingerprint density at radius 3 is 2.50 bits per heavy atom. The van der Waals surface area contributed by atoms with Crippen molar-refractivity contribution in [2.24, 2.45) is 0 Å². The first-order chi connectivity index (χ1) is 13.7. The van der Waals surface area contributed by atoms with Crippen molar-refractivity contribution in [3.05, 3.63) is 83.8 Å². The molecule has 0 aliphatic rings. The molecule has 2 heterocycles. The summed E-state index contributed by atoms with van der Waals surface area (Å²) in [6.45, 7) is 0.706. The molecule has 0 fully saturated rings. The molecule has 0 aliphatic heterocycles. The van der Waals surface area contributed by atoms with Crippen LogP contribution in [0, 0.1) is 5.82 Å². The number of halogens is 1. The van der Waals surface area contributed by atoms with E-state index in [9.17, 15) is 9.18 Å². The van der Waals surface area contributed by atoms with Gasteiger partial charge in [-0.15, -0.1) is 10.2 Å². The number of hydrogen-bond donors (Lipinski definition) is 3. The average Bonchev–Trinajstić information content (AvgIpc) is 3.13. The lowest BCUT2D eigenvalue weighted by Gasteiger charge is -2.07. The molecule has 7 heteroatoms. The van der Waals surface area contributed by atoms with Crippen LogP contribution in [-0.4, -0.2) is 27.6 Å². The SMILES string of the molecule is O=C(Nc1ccc(NCCc2c[nH]c3ccccc23)nn1)c1ccc(F)cc1. The van der Waals surface area contributed by atoms with E-state index < -0.39 is 0 Å². The molecule has 3 N–H and O–H groups in total. The van der Waals surface area contributed by atoms with Crippen LogP contribution in [0.3, 0.4) is 0 Å². The van der Waals surface area contributed by atoms with Gasteiger partial charge in [-0.3, -0.25) is 4.79 Å². The van der Waals surface area contributed by atoms with Gasteiger partial charge in [0, 0.05) is 29.2 Å². The molecule has 140 valence electrons. The van der Waals surface area contributed by atoms with Gasteiger partial charge in [0.15, 0.2) is 5.82 Å². The number of aromatic nitrogens is 3. The molecule has 0 radical (unpaired) electrons. The summed E-state index contributed by atoms with van der Waals surface area (Å²) in [5.74, 6) is 0.199. The molecule has 0 saturated heterocycles. The molecule has 2 aromatic heterocycles. The quantitative estimate of drug-likeness (QED) is 0.476. The lowest BCUT2D eigenvalue weighted by atomic mass is 10.1. The summed E-state index contributed by atoms with van der Waals surface area (Å²) >= 11 is 0. The predicted octanol–water partition coefficient (Wildman–Crippen LogP) is 4.00. The second-order valence-electron chi connectivity index (χ2n) is 6.30. The van der Waals surface area contributed by atoms with Gasteiger partial charge in [0.25, 0.3) is 5.91 Å². The van der Waals surface area contributed by atoms with E-state index in [1.54, 1.807) is 12.1 Å². The number of para-hydroxylation sites is 1. The third kappa shape index (κ3) is 3.98. The summed E-state index contributed by atoms with van der Waals surface area (Å²) in [4.78, 5) is 15.4. The molecule has 4 aromatic rings. The maximum absolute atomic E-state index is 12.9. The number of hydrogen-bond acceptors (Lipinski definition) is 4. The van der Waals surface area contributed by atoms with Crippen LogP contribution in [0.2, 0.25) is 0 Å². The molecule has 4 rings (SSSR count). The Hall–Kier alpha value is -3.74. The molecule has 0 saturated carbocycles. The van der Waals surface area contributed by atoms with Gasteiger partial charge in [0.2, 0.25) is 0 Å². The molecule has 28 heavy (non-hydrogen) atoms. The number of carbonyl (C=O) groups is 1. The van der Waals surface area contributed by atoms with Crippen molar-refractivity contribution in [3.8, 4) is 0 Å². The second kappa shape index (κ2) is 7.87. The number of carbonyl (C=O) groups excluding carboxylic acids is 1. The van der Waals surface area contributed by atoms with E-state index in [1.807, 2.05) is 18.3 Å². The van der Waals surface area contributed by atoms with Gasteiger partial charge in [0.05, 0.1) is 0 Å². The average molecular weight is 375 g/mol. The number of benzene rings is 2. The summed E-state index contributed by atoms with van der Waals surface area (Å²) < 4.78 is 12.9. The third-order valence-electron chi connectivity index (χ3n) is 4.39. The van der Waals surface area contributed by atoms with E-state index in [0.29, 0.717) is 23.7 Å². The Labute approximate surface area is 160 Å². The Kier molecular flexibility index (Phi) is 4.97. The van der Waals surface area contributed by atoms with E-state index in [1.165, 1.54) is 35.2 Å². The highest BCUT2D eigenvalue weighted by atomic mass is 19.1. The zero-order chi connectivity index (χ0) is 19.3. The van der Waals surface area contributed by atoms with E-state index in [2.05, 4.69) is 37.9 Å². The summed E-state index contributed by atoms with van der Waals surface area (Å²) in [6, 6.07) is 16.9. The van der Waals surface area contributed by atoms with Crippen LogP contribution < -0.4 is 10.6 Å². The van der Waals surface area contributed by atoms with Gasteiger partial charge in [-0.2, -0.15) is 0 Å². The number of nitrogens with zero attached hydrogens (tertiary/aromatic N) is 2. The highest BCUT2D eigenvalue weighted by Crippen LogP contribution is 2.18. The van der Waals surface area contributed by atoms with Crippen LogP contribution in [0.15, 0.2) is 66.9 Å². The Balaban J connectivity index is 1.32. The normalized spacial score (nSPS) is 10.8. The Bertz CT molecular complexity index is 1090. The predicted molar refractivity (Wildman–Crippen MR) is 107 cm³/mol. The minimum absolute atomic E-state index is 0.330. The van der Waals surface area contributed by atoms with Crippen LogP contribution in [0.25, 0.3) is 10.9 Å². The summed E-state index contributed by atoms with van der Waals surface area (Å²) in [5, 5.41) is 15.2. The monoisotopic (exact) mass is 375 g/mol. The molecule has 0 spiro atoms. The van der Waals surface area contributed by atoms with E-state index in [0.717, 1.165) is 11.9 Å². The van der Waals surface area contributed by atoms with Crippen LogP contribution in [0.1, 0.15) is 15.9 Å². The van der Waals surface area contributed by atoms with E-state index >= 15 is 0 Å². The van der Waals surface area contributed by atoms with Crippen molar-refractivity contribution in [2.75, 3.05) is 17.2 Å². The largest absolute Gasteiger partial charge is 0.368 e. The maximum Gasteiger partial charge on any atom is 0.256 e. The molecule has 0 bridgehead atoms. The minimum atomic E-state index is -0.389. The number of amides is 1. The van der Waals surface area contributed by atoms with Crippen molar-refractivity contribution in [3.63, 3.8) is 0 Å². The van der Waals surface area contributed by atoms with Crippen LogP contribution in [0.4, 0.5) is 16.0 Å². The lowest BCUT2D eigenvalue weighted by molar-refractivity contribution is 0.102. The molecule has 0 unspecified atom stereocenters. The van der Waals surface area contributed by atoms with Gasteiger partial charge in [0.1, 0.15) is 11.6 Å². The van der Waals surface area contributed by atoms with Gasteiger partial charge < -0.3 is 15.6 Å².